The molecule has 0 aliphatic rings. The van der Waals surface area contributed by atoms with Crippen molar-refractivity contribution in [2.75, 3.05) is 23.9 Å². The van der Waals surface area contributed by atoms with Crippen molar-refractivity contribution < 1.29 is 9.84 Å². The number of aliphatic hydroxyl groups excluding tert-OH is 1. The summed E-state index contributed by atoms with van der Waals surface area (Å²) in [6.07, 6.45) is -0.628. The summed E-state index contributed by atoms with van der Waals surface area (Å²) in [5.74, 6) is 2.89. The standard InChI is InChI=1S/C6H14O2S2/c1-6(7)8-2-4-10-5-3-9/h6-7,9H,2-5H2,1H3. The molecule has 0 aromatic rings. The van der Waals surface area contributed by atoms with Crippen LogP contribution < -0.4 is 0 Å². The predicted octanol–water partition coefficient (Wildman–Crippen LogP) is 1.00. The van der Waals surface area contributed by atoms with Crippen molar-refractivity contribution in [3.05, 3.63) is 0 Å². The first-order valence-electron chi connectivity index (χ1n) is 3.25. The molecule has 4 heteroatoms. The Morgan fingerprint density at radius 3 is 2.80 bits per heavy atom. The van der Waals surface area contributed by atoms with Gasteiger partial charge in [-0.2, -0.15) is 24.4 Å². The number of thioether (sulfide) groups is 1. The highest BCUT2D eigenvalue weighted by atomic mass is 32.2. The summed E-state index contributed by atoms with van der Waals surface area (Å²) in [5.41, 5.74) is 0. The maximum atomic E-state index is 8.66. The van der Waals surface area contributed by atoms with Crippen LogP contribution in [-0.2, 0) is 4.74 Å². The van der Waals surface area contributed by atoms with Gasteiger partial charge in [0.25, 0.3) is 0 Å². The van der Waals surface area contributed by atoms with Crippen molar-refractivity contribution in [2.24, 2.45) is 0 Å². The molecule has 0 radical (unpaired) electrons. The second-order valence-electron chi connectivity index (χ2n) is 1.81. The molecule has 0 rings (SSSR count). The average molecular weight is 182 g/mol. The molecule has 0 aliphatic heterocycles. The topological polar surface area (TPSA) is 29.5 Å². The number of aliphatic hydroxyl groups is 1. The van der Waals surface area contributed by atoms with Crippen LogP contribution in [-0.4, -0.2) is 35.3 Å². The summed E-state index contributed by atoms with van der Waals surface area (Å²) in [6, 6.07) is 0. The third-order valence-electron chi connectivity index (χ3n) is 0.822. The molecule has 0 heterocycles. The molecule has 0 saturated heterocycles. The molecule has 1 N–H and O–H groups in total. The molecule has 0 aliphatic carbocycles. The molecule has 0 amide bonds. The fraction of sp³-hybridized carbons (Fsp3) is 1.00. The van der Waals surface area contributed by atoms with E-state index in [0.29, 0.717) is 6.61 Å². The van der Waals surface area contributed by atoms with E-state index in [-0.39, 0.29) is 0 Å². The zero-order valence-electron chi connectivity index (χ0n) is 6.12. The fourth-order valence-electron chi connectivity index (χ4n) is 0.444. The van der Waals surface area contributed by atoms with Crippen LogP contribution in [0.15, 0.2) is 0 Å². The highest BCUT2D eigenvalue weighted by Crippen LogP contribution is 2.00. The van der Waals surface area contributed by atoms with E-state index in [1.807, 2.05) is 0 Å². The molecule has 0 fully saturated rings. The van der Waals surface area contributed by atoms with Gasteiger partial charge in [0, 0.05) is 11.5 Å². The van der Waals surface area contributed by atoms with Crippen LogP contribution in [0.4, 0.5) is 0 Å². The Kier molecular flexibility index (Phi) is 8.20. The zero-order chi connectivity index (χ0) is 7.82. The van der Waals surface area contributed by atoms with Gasteiger partial charge in [0.15, 0.2) is 6.29 Å². The van der Waals surface area contributed by atoms with Gasteiger partial charge in [-0.3, -0.25) is 0 Å². The molecular weight excluding hydrogens is 168 g/mol. The lowest BCUT2D eigenvalue weighted by atomic mass is 10.7. The van der Waals surface area contributed by atoms with E-state index in [2.05, 4.69) is 12.6 Å². The number of hydrogen-bond acceptors (Lipinski definition) is 4. The Bertz CT molecular complexity index is 68.8. The Morgan fingerprint density at radius 2 is 2.30 bits per heavy atom. The third-order valence-corrected chi connectivity index (χ3v) is 2.30. The minimum atomic E-state index is -0.628. The van der Waals surface area contributed by atoms with Crippen molar-refractivity contribution in [3.63, 3.8) is 0 Å². The Balaban J connectivity index is 2.77. The Morgan fingerprint density at radius 1 is 1.60 bits per heavy atom. The summed E-state index contributed by atoms with van der Waals surface area (Å²) in [6.45, 7) is 2.24. The van der Waals surface area contributed by atoms with Gasteiger partial charge in [0.2, 0.25) is 0 Å². The maximum absolute atomic E-state index is 8.66. The van der Waals surface area contributed by atoms with E-state index < -0.39 is 6.29 Å². The summed E-state index contributed by atoms with van der Waals surface area (Å²) in [7, 11) is 0. The Hall–Kier alpha value is 0.620. The highest BCUT2D eigenvalue weighted by molar-refractivity contribution is 8.00. The molecule has 0 bridgehead atoms. The van der Waals surface area contributed by atoms with Crippen molar-refractivity contribution >= 4 is 24.4 Å². The first-order chi connectivity index (χ1) is 4.77. The first kappa shape index (κ1) is 10.6. The molecule has 0 aromatic carbocycles. The number of rotatable bonds is 6. The molecule has 10 heavy (non-hydrogen) atoms. The quantitative estimate of drug-likeness (QED) is 0.365. The highest BCUT2D eigenvalue weighted by Gasteiger charge is 1.92. The zero-order valence-corrected chi connectivity index (χ0v) is 7.83. The second-order valence-corrected chi connectivity index (χ2v) is 3.48. The lowest BCUT2D eigenvalue weighted by Gasteiger charge is -2.04. The van der Waals surface area contributed by atoms with Crippen molar-refractivity contribution in [1.29, 1.82) is 0 Å². The second kappa shape index (κ2) is 7.72. The molecule has 1 unspecified atom stereocenters. The summed E-state index contributed by atoms with van der Waals surface area (Å²) in [5, 5.41) is 8.66. The summed E-state index contributed by atoms with van der Waals surface area (Å²) < 4.78 is 4.90. The fourth-order valence-corrected chi connectivity index (χ4v) is 1.38. The molecular formula is C6H14O2S2. The third kappa shape index (κ3) is 8.62. The first-order valence-corrected chi connectivity index (χ1v) is 5.04. The van der Waals surface area contributed by atoms with Crippen LogP contribution in [0.3, 0.4) is 0 Å². The van der Waals surface area contributed by atoms with Gasteiger partial charge in [0.05, 0.1) is 6.61 Å². The van der Waals surface area contributed by atoms with Crippen molar-refractivity contribution in [3.8, 4) is 0 Å². The lowest BCUT2D eigenvalue weighted by Crippen LogP contribution is -2.08. The van der Waals surface area contributed by atoms with Crippen LogP contribution in [0.2, 0.25) is 0 Å². The van der Waals surface area contributed by atoms with Crippen LogP contribution in [0.1, 0.15) is 6.92 Å². The molecule has 62 valence electrons. The van der Waals surface area contributed by atoms with Crippen LogP contribution in [0.25, 0.3) is 0 Å². The van der Waals surface area contributed by atoms with E-state index in [9.17, 15) is 0 Å². The maximum Gasteiger partial charge on any atom is 0.151 e. The monoisotopic (exact) mass is 182 g/mol. The van der Waals surface area contributed by atoms with E-state index in [0.717, 1.165) is 17.3 Å². The molecule has 0 spiro atoms. The van der Waals surface area contributed by atoms with Crippen molar-refractivity contribution in [2.45, 2.75) is 13.2 Å². The molecule has 0 saturated carbocycles. The van der Waals surface area contributed by atoms with Gasteiger partial charge in [-0.15, -0.1) is 0 Å². The van der Waals surface area contributed by atoms with Gasteiger partial charge < -0.3 is 9.84 Å². The SMILES string of the molecule is CC(O)OCCSCCS. The van der Waals surface area contributed by atoms with Crippen LogP contribution in [0, 0.1) is 0 Å². The number of hydrogen-bond donors (Lipinski definition) is 2. The van der Waals surface area contributed by atoms with E-state index in [4.69, 9.17) is 9.84 Å². The predicted molar refractivity (Wildman–Crippen MR) is 48.8 cm³/mol. The molecule has 2 nitrogen and oxygen atoms in total. The number of thiol groups is 1. The summed E-state index contributed by atoms with van der Waals surface area (Å²) >= 11 is 5.84. The van der Waals surface area contributed by atoms with Gasteiger partial charge in [-0.05, 0) is 12.7 Å². The van der Waals surface area contributed by atoms with E-state index >= 15 is 0 Å². The lowest BCUT2D eigenvalue weighted by molar-refractivity contribution is -0.0790. The van der Waals surface area contributed by atoms with Gasteiger partial charge in [-0.25, -0.2) is 0 Å². The minimum Gasteiger partial charge on any atom is -0.368 e. The Labute approximate surface area is 71.7 Å². The van der Waals surface area contributed by atoms with E-state index in [1.165, 1.54) is 0 Å². The van der Waals surface area contributed by atoms with Crippen LogP contribution >= 0.6 is 24.4 Å². The number of ether oxygens (including phenoxy) is 1. The normalized spacial score (nSPS) is 13.5. The van der Waals surface area contributed by atoms with Gasteiger partial charge in [0.1, 0.15) is 0 Å². The smallest absolute Gasteiger partial charge is 0.151 e. The van der Waals surface area contributed by atoms with Gasteiger partial charge in [-0.1, -0.05) is 0 Å². The average Bonchev–Trinajstić information content (AvgIpc) is 1.87. The van der Waals surface area contributed by atoms with Gasteiger partial charge >= 0.3 is 0 Å². The molecule has 0 aromatic heterocycles. The largest absolute Gasteiger partial charge is 0.368 e. The minimum absolute atomic E-state index is 0.621. The molecule has 1 atom stereocenters. The summed E-state index contributed by atoms with van der Waals surface area (Å²) in [4.78, 5) is 0. The van der Waals surface area contributed by atoms with E-state index in [1.54, 1.807) is 18.7 Å². The van der Waals surface area contributed by atoms with Crippen molar-refractivity contribution in [1.82, 2.24) is 0 Å². The van der Waals surface area contributed by atoms with Crippen LogP contribution in [0.5, 0.6) is 0 Å².